The quantitative estimate of drug-likeness (QED) is 0.382. The van der Waals surface area contributed by atoms with Crippen LogP contribution in [-0.2, 0) is 17.1 Å². The molecule has 1 aliphatic rings. The Bertz CT molecular complexity index is 974. The first-order chi connectivity index (χ1) is 14.7. The number of hydrogen-bond acceptors (Lipinski definition) is 6. The van der Waals surface area contributed by atoms with Gasteiger partial charge < -0.3 is 5.32 Å². The van der Waals surface area contributed by atoms with Crippen LogP contribution in [0.4, 0.5) is 5.13 Å². The van der Waals surface area contributed by atoms with Crippen molar-refractivity contribution in [1.82, 2.24) is 15.1 Å². The Labute approximate surface area is 189 Å². The van der Waals surface area contributed by atoms with E-state index in [0.29, 0.717) is 5.13 Å². The molecule has 0 unspecified atom stereocenters. The monoisotopic (exact) mass is 458 g/mol. The number of carbonyl (C=O) groups is 1. The van der Waals surface area contributed by atoms with E-state index in [1.54, 1.807) is 11.8 Å². The maximum Gasteiger partial charge on any atom is 0.229 e. The molecule has 4 rings (SSSR count). The number of hydrogen-bond donors (Lipinski definition) is 1. The third-order valence-electron chi connectivity index (χ3n) is 5.10. The zero-order chi connectivity index (χ0) is 20.8. The molecule has 3 aromatic rings. The lowest BCUT2D eigenvalue weighted by atomic mass is 9.95. The topological polar surface area (TPSA) is 58.1 Å². The minimum absolute atomic E-state index is 0.0185. The zero-order valence-electron chi connectivity index (χ0n) is 16.5. The molecule has 1 saturated heterocycles. The Hall–Kier alpha value is -1.93. The predicted molar refractivity (Wildman–Crippen MR) is 124 cm³/mol. The van der Waals surface area contributed by atoms with E-state index in [9.17, 15) is 4.79 Å². The third kappa shape index (κ3) is 6.04. The summed E-state index contributed by atoms with van der Waals surface area (Å²) in [5.41, 5.74) is 2.45. The molecule has 0 radical (unpaired) electrons. The molecule has 5 nitrogen and oxygen atoms in total. The number of likely N-dealkylation sites (tertiary alicyclic amines) is 1. The van der Waals surface area contributed by atoms with E-state index in [4.69, 9.17) is 11.6 Å². The first-order valence-electron chi connectivity index (χ1n) is 9.93. The lowest BCUT2D eigenvalue weighted by molar-refractivity contribution is -0.121. The highest BCUT2D eigenvalue weighted by molar-refractivity contribution is 8.00. The fourth-order valence-electron chi connectivity index (χ4n) is 3.49. The molecule has 1 aliphatic heterocycles. The Balaban J connectivity index is 1.22. The SMILES string of the molecule is O=C(Nc1nnc(SCc2ccccc2)s1)C1CCN(Cc2cccc(Cl)c2)CC1. The number of aromatic nitrogens is 2. The number of nitrogens with one attached hydrogen (secondary N) is 1. The molecular formula is C22H23ClN4OS2. The van der Waals surface area contributed by atoms with Gasteiger partial charge in [0.25, 0.3) is 0 Å². The van der Waals surface area contributed by atoms with Crippen LogP contribution in [0.25, 0.3) is 0 Å². The molecule has 2 aromatic carbocycles. The van der Waals surface area contributed by atoms with Crippen LogP contribution in [-0.4, -0.2) is 34.1 Å². The van der Waals surface area contributed by atoms with Crippen molar-refractivity contribution in [2.75, 3.05) is 18.4 Å². The van der Waals surface area contributed by atoms with E-state index in [1.807, 2.05) is 36.4 Å². The molecule has 30 heavy (non-hydrogen) atoms. The van der Waals surface area contributed by atoms with E-state index in [1.165, 1.54) is 22.5 Å². The number of piperidine rings is 1. The first kappa shape index (κ1) is 21.3. The molecule has 8 heteroatoms. The molecule has 1 aromatic heterocycles. The van der Waals surface area contributed by atoms with Crippen LogP contribution in [0.1, 0.15) is 24.0 Å². The summed E-state index contributed by atoms with van der Waals surface area (Å²) in [5.74, 6) is 0.909. The molecule has 0 atom stereocenters. The molecule has 156 valence electrons. The van der Waals surface area contributed by atoms with Gasteiger partial charge in [-0.3, -0.25) is 9.69 Å². The van der Waals surface area contributed by atoms with Crippen molar-refractivity contribution in [2.45, 2.75) is 29.5 Å². The number of nitrogens with zero attached hydrogens (tertiary/aromatic N) is 3. The summed E-state index contributed by atoms with van der Waals surface area (Å²) in [6, 6.07) is 18.2. The summed E-state index contributed by atoms with van der Waals surface area (Å²) in [6.07, 6.45) is 1.70. The molecule has 1 amide bonds. The molecule has 0 aliphatic carbocycles. The van der Waals surface area contributed by atoms with Crippen LogP contribution in [0.2, 0.25) is 5.02 Å². The first-order valence-corrected chi connectivity index (χ1v) is 12.1. The molecule has 1 fully saturated rings. The third-order valence-corrected chi connectivity index (χ3v) is 7.37. The molecule has 1 N–H and O–H groups in total. The molecule has 2 heterocycles. The maximum absolute atomic E-state index is 12.7. The Kier molecular flexibility index (Phi) is 7.38. The number of halogens is 1. The second-order valence-corrected chi connectivity index (χ2v) is 9.95. The lowest BCUT2D eigenvalue weighted by Crippen LogP contribution is -2.37. The highest BCUT2D eigenvalue weighted by Crippen LogP contribution is 2.29. The van der Waals surface area contributed by atoms with Gasteiger partial charge in [-0.1, -0.05) is 77.2 Å². The average molecular weight is 459 g/mol. The number of anilines is 1. The number of benzene rings is 2. The Morgan fingerprint density at radius 2 is 1.87 bits per heavy atom. The van der Waals surface area contributed by atoms with E-state index in [-0.39, 0.29) is 11.8 Å². The second-order valence-electron chi connectivity index (χ2n) is 7.32. The van der Waals surface area contributed by atoms with Crippen LogP contribution in [0, 0.1) is 5.92 Å². The van der Waals surface area contributed by atoms with Gasteiger partial charge >= 0.3 is 0 Å². The number of amides is 1. The van der Waals surface area contributed by atoms with Crippen molar-refractivity contribution in [3.63, 3.8) is 0 Å². The van der Waals surface area contributed by atoms with Crippen molar-refractivity contribution >= 4 is 45.7 Å². The number of thioether (sulfide) groups is 1. The largest absolute Gasteiger partial charge is 0.300 e. The number of rotatable bonds is 7. The summed E-state index contributed by atoms with van der Waals surface area (Å²) in [4.78, 5) is 15.0. The summed E-state index contributed by atoms with van der Waals surface area (Å²) < 4.78 is 0.866. The summed E-state index contributed by atoms with van der Waals surface area (Å²) in [5, 5.41) is 12.6. The summed E-state index contributed by atoms with van der Waals surface area (Å²) in [6.45, 7) is 2.67. The van der Waals surface area contributed by atoms with Gasteiger partial charge in [0, 0.05) is 23.2 Å². The lowest BCUT2D eigenvalue weighted by Gasteiger charge is -2.31. The maximum atomic E-state index is 12.7. The standard InChI is InChI=1S/C22H23ClN4OS2/c23-19-8-4-7-17(13-19)14-27-11-9-18(10-12-27)20(28)24-21-25-26-22(30-21)29-15-16-5-2-1-3-6-16/h1-8,13,18H,9-12,14-15H2,(H,24,25,28). The van der Waals surface area contributed by atoms with Crippen molar-refractivity contribution in [3.8, 4) is 0 Å². The van der Waals surface area contributed by atoms with E-state index < -0.39 is 0 Å². The van der Waals surface area contributed by atoms with Crippen molar-refractivity contribution in [1.29, 1.82) is 0 Å². The van der Waals surface area contributed by atoms with Crippen LogP contribution in [0.15, 0.2) is 58.9 Å². The van der Waals surface area contributed by atoms with Crippen LogP contribution < -0.4 is 5.32 Å². The van der Waals surface area contributed by atoms with E-state index in [2.05, 4.69) is 38.6 Å². The van der Waals surface area contributed by atoms with Crippen molar-refractivity contribution in [3.05, 3.63) is 70.7 Å². The minimum atomic E-state index is 0.0185. The highest BCUT2D eigenvalue weighted by Gasteiger charge is 2.25. The summed E-state index contributed by atoms with van der Waals surface area (Å²) >= 11 is 9.14. The fourth-order valence-corrected chi connectivity index (χ4v) is 5.42. The molecule has 0 saturated carbocycles. The Morgan fingerprint density at radius 1 is 1.10 bits per heavy atom. The number of carbonyl (C=O) groups excluding carboxylic acids is 1. The molecule has 0 spiro atoms. The zero-order valence-corrected chi connectivity index (χ0v) is 18.8. The summed E-state index contributed by atoms with van der Waals surface area (Å²) in [7, 11) is 0. The van der Waals surface area contributed by atoms with E-state index in [0.717, 1.165) is 47.6 Å². The van der Waals surface area contributed by atoms with Gasteiger partial charge in [-0.05, 0) is 49.2 Å². The predicted octanol–water partition coefficient (Wildman–Crippen LogP) is 5.33. The van der Waals surface area contributed by atoms with Crippen LogP contribution >= 0.6 is 34.7 Å². The van der Waals surface area contributed by atoms with Crippen LogP contribution in [0.3, 0.4) is 0 Å². The minimum Gasteiger partial charge on any atom is -0.300 e. The van der Waals surface area contributed by atoms with Gasteiger partial charge in [0.15, 0.2) is 4.34 Å². The molecule has 0 bridgehead atoms. The van der Waals surface area contributed by atoms with Crippen molar-refractivity contribution in [2.24, 2.45) is 5.92 Å². The van der Waals surface area contributed by atoms with Gasteiger partial charge in [0.2, 0.25) is 11.0 Å². The second kappa shape index (κ2) is 10.4. The highest BCUT2D eigenvalue weighted by atomic mass is 35.5. The van der Waals surface area contributed by atoms with Gasteiger partial charge in [-0.15, -0.1) is 10.2 Å². The van der Waals surface area contributed by atoms with Gasteiger partial charge in [-0.2, -0.15) is 0 Å². The smallest absolute Gasteiger partial charge is 0.229 e. The van der Waals surface area contributed by atoms with Gasteiger partial charge in [-0.25, -0.2) is 0 Å². The van der Waals surface area contributed by atoms with Gasteiger partial charge in [0.1, 0.15) is 0 Å². The molecular weight excluding hydrogens is 436 g/mol. The van der Waals surface area contributed by atoms with E-state index >= 15 is 0 Å². The van der Waals surface area contributed by atoms with Gasteiger partial charge in [0.05, 0.1) is 0 Å². The normalized spacial score (nSPS) is 15.2. The fraction of sp³-hybridized carbons (Fsp3) is 0.318. The average Bonchev–Trinajstić information content (AvgIpc) is 3.21. The van der Waals surface area contributed by atoms with Crippen LogP contribution in [0.5, 0.6) is 0 Å². The van der Waals surface area contributed by atoms with Crippen molar-refractivity contribution < 1.29 is 4.79 Å². The Morgan fingerprint density at radius 3 is 2.63 bits per heavy atom.